The molecule has 0 heterocycles. The Hall–Kier alpha value is 0.100. The number of alkyl halides is 3. The third kappa shape index (κ3) is 4.59. The summed E-state index contributed by atoms with van der Waals surface area (Å²) < 4.78 is 36.9. The van der Waals surface area contributed by atoms with Crippen molar-refractivity contribution in [2.75, 3.05) is 0 Å². The Bertz CT molecular complexity index is 79.5. The molecule has 0 saturated heterocycles. The molecule has 1 unspecified atom stereocenters. The molecule has 1 atom stereocenters. The molecule has 0 bridgehead atoms. The fourth-order valence-corrected chi connectivity index (χ4v) is 0.408. The van der Waals surface area contributed by atoms with E-state index in [1.165, 1.54) is 0 Å². The molecule has 0 aromatic carbocycles. The van der Waals surface area contributed by atoms with Crippen molar-refractivity contribution in [3.63, 3.8) is 0 Å². The van der Waals surface area contributed by atoms with E-state index < -0.39 is 21.4 Å². The first kappa shape index (κ1) is 9.10. The highest BCUT2D eigenvalue weighted by Crippen LogP contribution is 2.29. The zero-order valence-corrected chi connectivity index (χ0v) is 4.93. The van der Waals surface area contributed by atoms with Gasteiger partial charge >= 0.3 is 8.60 Å². The molecule has 0 aliphatic carbocycles. The molecule has 0 radical (unpaired) electrons. The van der Waals surface area contributed by atoms with Crippen LogP contribution in [0, 0.1) is 0 Å². The lowest BCUT2D eigenvalue weighted by Gasteiger charge is -2.06. The van der Waals surface area contributed by atoms with Crippen LogP contribution >= 0.6 is 8.60 Å². The Labute approximate surface area is 50.1 Å². The van der Waals surface area contributed by atoms with Crippen LogP contribution in [0.4, 0.5) is 13.2 Å². The third-order valence-electron chi connectivity index (χ3n) is 0.393. The quantitative estimate of drug-likeness (QED) is 0.605. The average molecular weight is 164 g/mol. The second-order valence-corrected chi connectivity index (χ2v) is 1.76. The van der Waals surface area contributed by atoms with Crippen LogP contribution in [0.5, 0.6) is 0 Å². The Balaban J connectivity index is 3.38. The van der Waals surface area contributed by atoms with Gasteiger partial charge in [-0.2, -0.15) is 0 Å². The monoisotopic (exact) mass is 164 g/mol. The molecule has 56 valence electrons. The van der Waals surface area contributed by atoms with E-state index >= 15 is 0 Å². The van der Waals surface area contributed by atoms with Gasteiger partial charge in [0.15, 0.2) is 0 Å². The number of hydrogen-bond donors (Lipinski definition) is 2. The molecule has 3 nitrogen and oxygen atoms in total. The molecule has 2 N–H and O–H groups in total. The first-order valence-electron chi connectivity index (χ1n) is 1.81. The molecule has 9 heavy (non-hydrogen) atoms. The summed E-state index contributed by atoms with van der Waals surface area (Å²) in [6, 6.07) is 0. The van der Waals surface area contributed by atoms with E-state index in [0.29, 0.717) is 0 Å². The van der Waals surface area contributed by atoms with E-state index in [2.05, 4.69) is 4.52 Å². The van der Waals surface area contributed by atoms with Crippen LogP contribution in [0.25, 0.3) is 0 Å². The molecule has 0 aromatic heterocycles. The topological polar surface area (TPSA) is 49.7 Å². The van der Waals surface area contributed by atoms with Crippen LogP contribution in [0.3, 0.4) is 0 Å². The Morgan fingerprint density at radius 1 is 1.22 bits per heavy atom. The Morgan fingerprint density at radius 2 is 1.67 bits per heavy atom. The normalized spacial score (nSPS) is 15.0. The minimum absolute atomic E-state index is 2.91. The summed E-state index contributed by atoms with van der Waals surface area (Å²) in [6.07, 6.45) is -6.25. The minimum atomic E-state index is -3.34. The largest absolute Gasteiger partial charge is 0.329 e. The molecule has 0 amide bonds. The summed E-state index contributed by atoms with van der Waals surface area (Å²) in [5.41, 5.74) is 0. The first-order chi connectivity index (χ1) is 4.04. The zero-order chi connectivity index (χ0) is 7.44. The Kier molecular flexibility index (Phi) is 4.05. The molecule has 0 saturated carbocycles. The summed E-state index contributed by atoms with van der Waals surface area (Å²) >= 11 is 0. The molecule has 7 heteroatoms. The predicted octanol–water partition coefficient (Wildman–Crippen LogP) is 0.775. The Morgan fingerprint density at radius 3 is 1.78 bits per heavy atom. The van der Waals surface area contributed by atoms with Crippen LogP contribution < -0.4 is 0 Å². The van der Waals surface area contributed by atoms with E-state index in [4.69, 9.17) is 9.79 Å². The van der Waals surface area contributed by atoms with Gasteiger partial charge in [-0.1, -0.05) is 0 Å². The van der Waals surface area contributed by atoms with E-state index in [-0.39, 0.29) is 0 Å². The molecule has 0 rings (SSSR count). The summed E-state index contributed by atoms with van der Waals surface area (Å²) in [4.78, 5) is 15.6. The second kappa shape index (κ2) is 4.00. The molecular weight excluding hydrogens is 160 g/mol. The van der Waals surface area contributed by atoms with Gasteiger partial charge < -0.3 is 9.79 Å². The van der Waals surface area contributed by atoms with Crippen LogP contribution in [0.15, 0.2) is 0 Å². The molecule has 0 aliphatic rings. The van der Waals surface area contributed by atoms with Crippen LogP contribution in [0.2, 0.25) is 0 Å². The summed E-state index contributed by atoms with van der Waals surface area (Å²) in [7, 11) is -3.03. The third-order valence-corrected chi connectivity index (χ3v) is 0.783. The number of rotatable bonds is 3. The van der Waals surface area contributed by atoms with Crippen molar-refractivity contribution in [2.45, 2.75) is 12.8 Å². The first-order valence-corrected chi connectivity index (χ1v) is 2.97. The smallest absolute Gasteiger partial charge is 0.328 e. The number of hydrogen-bond acceptors (Lipinski definition) is 3. The van der Waals surface area contributed by atoms with Gasteiger partial charge in [0.2, 0.25) is 0 Å². The fraction of sp³-hybridized carbons (Fsp3) is 1.00. The second-order valence-electron chi connectivity index (χ2n) is 1.04. The average Bonchev–Trinajstić information content (AvgIpc) is 1.63. The lowest BCUT2D eigenvalue weighted by atomic mass is 10.7. The molecule has 0 aliphatic heterocycles. The van der Waals surface area contributed by atoms with Gasteiger partial charge in [0, 0.05) is 0 Å². The van der Waals surface area contributed by atoms with E-state index in [1.807, 2.05) is 0 Å². The molecule has 0 fully saturated rings. The standard InChI is InChI=1S/C2H4F3O3P/c3-1(4)2(5)8-9(6)7/h1-2,6-7H. The zero-order valence-electron chi connectivity index (χ0n) is 4.04. The summed E-state index contributed by atoms with van der Waals surface area (Å²) in [6.45, 7) is 0. The van der Waals surface area contributed by atoms with Gasteiger partial charge in [-0.3, -0.25) is 4.52 Å². The SMILES string of the molecule is OP(O)OC(F)C(F)F. The molecule has 0 spiro atoms. The van der Waals surface area contributed by atoms with Crippen LogP contribution in [-0.2, 0) is 4.52 Å². The lowest BCUT2D eigenvalue weighted by Crippen LogP contribution is -2.13. The maximum absolute atomic E-state index is 11.5. The van der Waals surface area contributed by atoms with Crippen LogP contribution in [0.1, 0.15) is 0 Å². The lowest BCUT2D eigenvalue weighted by molar-refractivity contribution is -0.0717. The van der Waals surface area contributed by atoms with Crippen molar-refractivity contribution >= 4 is 8.60 Å². The summed E-state index contributed by atoms with van der Waals surface area (Å²) in [5, 5.41) is 0. The van der Waals surface area contributed by atoms with Gasteiger partial charge in [-0.05, 0) is 0 Å². The van der Waals surface area contributed by atoms with Crippen molar-refractivity contribution in [1.29, 1.82) is 0 Å². The van der Waals surface area contributed by atoms with Gasteiger partial charge in [0.25, 0.3) is 12.8 Å². The van der Waals surface area contributed by atoms with Crippen molar-refractivity contribution in [2.24, 2.45) is 0 Å². The van der Waals surface area contributed by atoms with Crippen molar-refractivity contribution in [3.05, 3.63) is 0 Å². The van der Waals surface area contributed by atoms with E-state index in [9.17, 15) is 13.2 Å². The highest BCUT2D eigenvalue weighted by molar-refractivity contribution is 7.39. The van der Waals surface area contributed by atoms with E-state index in [0.717, 1.165) is 0 Å². The highest BCUT2D eigenvalue weighted by atomic mass is 31.2. The molecular formula is C2H4F3O3P. The maximum atomic E-state index is 11.5. The number of halogens is 3. The maximum Gasteiger partial charge on any atom is 0.329 e. The minimum Gasteiger partial charge on any atom is -0.328 e. The van der Waals surface area contributed by atoms with Crippen molar-refractivity contribution in [3.8, 4) is 0 Å². The van der Waals surface area contributed by atoms with Gasteiger partial charge in [0.05, 0.1) is 0 Å². The van der Waals surface area contributed by atoms with Crippen molar-refractivity contribution in [1.82, 2.24) is 0 Å². The summed E-state index contributed by atoms with van der Waals surface area (Å²) in [5.74, 6) is 0. The fourth-order valence-electron chi connectivity index (χ4n) is 0.136. The highest BCUT2D eigenvalue weighted by Gasteiger charge is 2.22. The van der Waals surface area contributed by atoms with Crippen LogP contribution in [-0.4, -0.2) is 22.6 Å². The van der Waals surface area contributed by atoms with E-state index in [1.54, 1.807) is 0 Å². The molecule has 0 aromatic rings. The van der Waals surface area contributed by atoms with Gasteiger partial charge in [0.1, 0.15) is 0 Å². The van der Waals surface area contributed by atoms with Gasteiger partial charge in [-0.15, -0.1) is 0 Å². The van der Waals surface area contributed by atoms with Crippen molar-refractivity contribution < 1.29 is 27.5 Å². The predicted molar refractivity (Wildman–Crippen MR) is 23.3 cm³/mol. The van der Waals surface area contributed by atoms with Gasteiger partial charge in [-0.25, -0.2) is 13.2 Å².